The van der Waals surface area contributed by atoms with Crippen LogP contribution < -0.4 is 0 Å². The van der Waals surface area contributed by atoms with Gasteiger partial charge in [-0.2, -0.15) is 10.1 Å². The van der Waals surface area contributed by atoms with Crippen molar-refractivity contribution in [3.05, 3.63) is 29.2 Å². The predicted molar refractivity (Wildman–Crippen MR) is 86.5 cm³/mol. The largest absolute Gasteiger partial charge is 0.339 e. The SMILES string of the molecule is CN(Cc1noc(C2CCCC2)n1)C(=O)c1cnn2c1CCCC2. The van der Waals surface area contributed by atoms with Gasteiger partial charge in [0.2, 0.25) is 5.89 Å². The van der Waals surface area contributed by atoms with Gasteiger partial charge in [-0.1, -0.05) is 18.0 Å². The average molecular weight is 329 g/mol. The molecule has 1 amide bonds. The summed E-state index contributed by atoms with van der Waals surface area (Å²) in [6.45, 7) is 1.27. The van der Waals surface area contributed by atoms with Gasteiger partial charge in [0.1, 0.15) is 0 Å². The topological polar surface area (TPSA) is 77.1 Å². The molecule has 4 rings (SSSR count). The third-order valence-corrected chi connectivity index (χ3v) is 5.13. The summed E-state index contributed by atoms with van der Waals surface area (Å²) in [6, 6.07) is 0. The zero-order valence-corrected chi connectivity index (χ0v) is 14.1. The number of hydrogen-bond donors (Lipinski definition) is 0. The predicted octanol–water partition coefficient (Wildman–Crippen LogP) is 2.53. The zero-order valence-electron chi connectivity index (χ0n) is 14.1. The number of aromatic nitrogens is 4. The Kier molecular flexibility index (Phi) is 4.08. The fourth-order valence-corrected chi connectivity index (χ4v) is 3.76. The molecule has 2 aromatic rings. The van der Waals surface area contributed by atoms with E-state index in [0.29, 0.717) is 23.9 Å². The van der Waals surface area contributed by atoms with Gasteiger partial charge < -0.3 is 9.42 Å². The molecule has 1 saturated carbocycles. The number of fused-ring (bicyclic) bond motifs is 1. The van der Waals surface area contributed by atoms with Crippen LogP contribution in [0.5, 0.6) is 0 Å². The second kappa shape index (κ2) is 6.37. The molecule has 1 aliphatic heterocycles. The highest BCUT2D eigenvalue weighted by Gasteiger charge is 2.25. The van der Waals surface area contributed by atoms with E-state index in [1.165, 1.54) is 12.8 Å². The van der Waals surface area contributed by atoms with Gasteiger partial charge in [-0.25, -0.2) is 0 Å². The Bertz CT molecular complexity index is 729. The van der Waals surface area contributed by atoms with Gasteiger partial charge in [0.25, 0.3) is 5.91 Å². The summed E-state index contributed by atoms with van der Waals surface area (Å²) in [5.41, 5.74) is 1.76. The van der Waals surface area contributed by atoms with Crippen LogP contribution in [-0.2, 0) is 19.5 Å². The van der Waals surface area contributed by atoms with E-state index in [1.54, 1.807) is 18.1 Å². The van der Waals surface area contributed by atoms with Gasteiger partial charge in [-0.15, -0.1) is 0 Å². The summed E-state index contributed by atoms with van der Waals surface area (Å²) >= 11 is 0. The van der Waals surface area contributed by atoms with E-state index >= 15 is 0 Å². The van der Waals surface area contributed by atoms with E-state index in [2.05, 4.69) is 15.2 Å². The lowest BCUT2D eigenvalue weighted by Crippen LogP contribution is -2.28. The van der Waals surface area contributed by atoms with Crippen molar-refractivity contribution in [2.24, 2.45) is 0 Å². The van der Waals surface area contributed by atoms with Crippen LogP contribution in [0.25, 0.3) is 0 Å². The van der Waals surface area contributed by atoms with Crippen LogP contribution in [0.1, 0.15) is 72.2 Å². The Balaban J connectivity index is 1.45. The van der Waals surface area contributed by atoms with Crippen molar-refractivity contribution in [1.29, 1.82) is 0 Å². The molecular formula is C17H23N5O2. The second-order valence-corrected chi connectivity index (χ2v) is 6.88. The first-order valence-electron chi connectivity index (χ1n) is 8.85. The van der Waals surface area contributed by atoms with Crippen molar-refractivity contribution in [3.63, 3.8) is 0 Å². The Labute approximate surface area is 141 Å². The Hall–Kier alpha value is -2.18. The zero-order chi connectivity index (χ0) is 16.5. The molecule has 2 aromatic heterocycles. The molecule has 0 N–H and O–H groups in total. The monoisotopic (exact) mass is 329 g/mol. The number of amides is 1. The van der Waals surface area contributed by atoms with Crippen molar-refractivity contribution in [2.75, 3.05) is 7.05 Å². The van der Waals surface area contributed by atoms with Crippen LogP contribution in [0.4, 0.5) is 0 Å². The summed E-state index contributed by atoms with van der Waals surface area (Å²) in [6.07, 6.45) is 9.57. The highest BCUT2D eigenvalue weighted by molar-refractivity contribution is 5.95. The maximum Gasteiger partial charge on any atom is 0.257 e. The van der Waals surface area contributed by atoms with Crippen molar-refractivity contribution < 1.29 is 9.32 Å². The molecule has 128 valence electrons. The molecule has 0 atom stereocenters. The minimum absolute atomic E-state index is 0.0228. The molecule has 3 heterocycles. The maximum atomic E-state index is 12.7. The summed E-state index contributed by atoms with van der Waals surface area (Å²) in [5, 5.41) is 8.39. The number of carbonyl (C=O) groups is 1. The molecule has 1 aliphatic carbocycles. The summed E-state index contributed by atoms with van der Waals surface area (Å²) < 4.78 is 7.35. The van der Waals surface area contributed by atoms with Crippen LogP contribution >= 0.6 is 0 Å². The van der Waals surface area contributed by atoms with Crippen molar-refractivity contribution in [1.82, 2.24) is 24.8 Å². The van der Waals surface area contributed by atoms with E-state index in [-0.39, 0.29) is 5.91 Å². The molecule has 2 aliphatic rings. The third kappa shape index (κ3) is 2.83. The van der Waals surface area contributed by atoms with Crippen LogP contribution in [0.15, 0.2) is 10.7 Å². The standard InChI is InChI=1S/C17H23N5O2/c1-21(11-15-19-16(24-20-15)12-6-2-3-7-12)17(23)13-10-18-22-9-5-4-8-14(13)22/h10,12H,2-9,11H2,1H3. The summed E-state index contributed by atoms with van der Waals surface area (Å²) in [7, 11) is 1.78. The second-order valence-electron chi connectivity index (χ2n) is 6.88. The van der Waals surface area contributed by atoms with E-state index in [4.69, 9.17) is 4.52 Å². The lowest BCUT2D eigenvalue weighted by molar-refractivity contribution is 0.0779. The van der Waals surface area contributed by atoms with Gasteiger partial charge in [0, 0.05) is 19.5 Å². The first-order valence-corrected chi connectivity index (χ1v) is 8.85. The van der Waals surface area contributed by atoms with Gasteiger partial charge in [0.05, 0.1) is 24.0 Å². The molecule has 0 spiro atoms. The van der Waals surface area contributed by atoms with Gasteiger partial charge in [-0.05, 0) is 32.1 Å². The number of rotatable bonds is 4. The Morgan fingerprint density at radius 2 is 2.17 bits per heavy atom. The summed E-state index contributed by atoms with van der Waals surface area (Å²) in [5.74, 6) is 1.68. The first-order chi connectivity index (χ1) is 11.7. The van der Waals surface area contributed by atoms with Crippen LogP contribution in [0.3, 0.4) is 0 Å². The lowest BCUT2D eigenvalue weighted by Gasteiger charge is -2.18. The van der Waals surface area contributed by atoms with Crippen LogP contribution in [0.2, 0.25) is 0 Å². The van der Waals surface area contributed by atoms with E-state index in [9.17, 15) is 4.79 Å². The number of aryl methyl sites for hydroxylation is 1. The van der Waals surface area contributed by atoms with E-state index < -0.39 is 0 Å². The highest BCUT2D eigenvalue weighted by atomic mass is 16.5. The van der Waals surface area contributed by atoms with E-state index in [1.807, 2.05) is 4.68 Å². The van der Waals surface area contributed by atoms with Gasteiger partial charge >= 0.3 is 0 Å². The van der Waals surface area contributed by atoms with Crippen LogP contribution in [-0.4, -0.2) is 37.8 Å². The minimum atomic E-state index is -0.0228. The average Bonchev–Trinajstić information content (AvgIpc) is 3.33. The normalized spacial score (nSPS) is 17.9. The molecule has 0 saturated heterocycles. The number of hydrogen-bond acceptors (Lipinski definition) is 5. The molecule has 0 aromatic carbocycles. The minimum Gasteiger partial charge on any atom is -0.339 e. The van der Waals surface area contributed by atoms with Crippen molar-refractivity contribution in [2.45, 2.75) is 64.0 Å². The molecule has 7 nitrogen and oxygen atoms in total. The number of nitrogens with zero attached hydrogens (tertiary/aromatic N) is 5. The molecule has 0 radical (unpaired) electrons. The fourth-order valence-electron chi connectivity index (χ4n) is 3.76. The Morgan fingerprint density at radius 1 is 1.33 bits per heavy atom. The Morgan fingerprint density at radius 3 is 3.00 bits per heavy atom. The maximum absolute atomic E-state index is 12.7. The van der Waals surface area contributed by atoms with Crippen molar-refractivity contribution >= 4 is 5.91 Å². The fraction of sp³-hybridized carbons (Fsp3) is 0.647. The third-order valence-electron chi connectivity index (χ3n) is 5.13. The number of carbonyl (C=O) groups excluding carboxylic acids is 1. The van der Waals surface area contributed by atoms with Gasteiger partial charge in [-0.3, -0.25) is 9.48 Å². The summed E-state index contributed by atoms with van der Waals surface area (Å²) in [4.78, 5) is 18.9. The molecular weight excluding hydrogens is 306 g/mol. The molecule has 0 bridgehead atoms. The molecule has 24 heavy (non-hydrogen) atoms. The molecule has 0 unspecified atom stereocenters. The lowest BCUT2D eigenvalue weighted by atomic mass is 10.1. The molecule has 7 heteroatoms. The quantitative estimate of drug-likeness (QED) is 0.861. The smallest absolute Gasteiger partial charge is 0.257 e. The highest BCUT2D eigenvalue weighted by Crippen LogP contribution is 2.33. The van der Waals surface area contributed by atoms with Crippen LogP contribution in [0, 0.1) is 0 Å². The van der Waals surface area contributed by atoms with Crippen molar-refractivity contribution in [3.8, 4) is 0 Å². The van der Waals surface area contributed by atoms with E-state index in [0.717, 1.165) is 50.2 Å². The first kappa shape index (κ1) is 15.4. The van der Waals surface area contributed by atoms with Gasteiger partial charge in [0.15, 0.2) is 5.82 Å². The molecule has 1 fully saturated rings.